The van der Waals surface area contributed by atoms with Crippen molar-refractivity contribution in [3.8, 4) is 0 Å². The van der Waals surface area contributed by atoms with E-state index in [0.29, 0.717) is 11.3 Å². The highest BCUT2D eigenvalue weighted by atomic mass is 35.5. The van der Waals surface area contributed by atoms with Crippen LogP contribution in [0.2, 0.25) is 5.15 Å². The fourth-order valence-electron chi connectivity index (χ4n) is 2.38. The molecule has 1 aliphatic rings. The number of nitrogens with one attached hydrogen (secondary N) is 1. The molecular formula is C14H24ClN3O2. The van der Waals surface area contributed by atoms with Gasteiger partial charge < -0.3 is 14.8 Å². The lowest BCUT2D eigenvalue weighted by Gasteiger charge is -2.10. The smallest absolute Gasteiger partial charge is 0.131 e. The number of ether oxygens (including phenoxy) is 2. The molecule has 6 heteroatoms. The lowest BCUT2D eigenvalue weighted by atomic mass is 10.2. The first-order valence-corrected chi connectivity index (χ1v) is 7.64. The molecule has 5 nitrogen and oxygen atoms in total. The van der Waals surface area contributed by atoms with Crippen molar-refractivity contribution in [2.24, 2.45) is 7.05 Å². The highest BCUT2D eigenvalue weighted by molar-refractivity contribution is 6.30. The molecule has 114 valence electrons. The van der Waals surface area contributed by atoms with Crippen LogP contribution in [0.4, 0.5) is 0 Å². The molecule has 1 N–H and O–H groups in total. The van der Waals surface area contributed by atoms with Gasteiger partial charge in [0.05, 0.1) is 18.4 Å². The third-order valence-electron chi connectivity index (χ3n) is 3.54. The minimum absolute atomic E-state index is 0.319. The van der Waals surface area contributed by atoms with Crippen molar-refractivity contribution in [2.75, 3.05) is 26.4 Å². The van der Waals surface area contributed by atoms with Crippen LogP contribution in [0.25, 0.3) is 0 Å². The summed E-state index contributed by atoms with van der Waals surface area (Å²) in [6.07, 6.45) is 3.61. The van der Waals surface area contributed by atoms with E-state index >= 15 is 0 Å². The highest BCUT2D eigenvalue weighted by Crippen LogP contribution is 2.18. The molecule has 1 unspecified atom stereocenters. The Labute approximate surface area is 125 Å². The van der Waals surface area contributed by atoms with Gasteiger partial charge in [0.15, 0.2) is 0 Å². The average molecular weight is 302 g/mol. The van der Waals surface area contributed by atoms with Crippen LogP contribution in [0.1, 0.15) is 30.5 Å². The molecule has 1 saturated heterocycles. The van der Waals surface area contributed by atoms with E-state index in [1.165, 1.54) is 6.42 Å². The van der Waals surface area contributed by atoms with Gasteiger partial charge in [0.1, 0.15) is 5.15 Å². The zero-order valence-corrected chi connectivity index (χ0v) is 13.1. The van der Waals surface area contributed by atoms with Gasteiger partial charge >= 0.3 is 0 Å². The van der Waals surface area contributed by atoms with Crippen LogP contribution in [0, 0.1) is 6.92 Å². The monoisotopic (exact) mass is 301 g/mol. The summed E-state index contributed by atoms with van der Waals surface area (Å²) in [4.78, 5) is 0. The summed E-state index contributed by atoms with van der Waals surface area (Å²) < 4.78 is 12.8. The summed E-state index contributed by atoms with van der Waals surface area (Å²) in [6, 6.07) is 0. The normalized spacial score (nSPS) is 18.9. The lowest BCUT2D eigenvalue weighted by molar-refractivity contribution is 0.0166. The highest BCUT2D eigenvalue weighted by Gasteiger charge is 2.15. The molecule has 1 aromatic rings. The van der Waals surface area contributed by atoms with Crippen molar-refractivity contribution in [3.63, 3.8) is 0 Å². The lowest BCUT2D eigenvalue weighted by Crippen LogP contribution is -2.19. The van der Waals surface area contributed by atoms with Gasteiger partial charge in [0, 0.05) is 32.4 Å². The molecule has 1 aliphatic heterocycles. The molecule has 20 heavy (non-hydrogen) atoms. The van der Waals surface area contributed by atoms with Crippen molar-refractivity contribution in [1.82, 2.24) is 15.1 Å². The summed E-state index contributed by atoms with van der Waals surface area (Å²) in [5.74, 6) is 0. The van der Waals surface area contributed by atoms with E-state index in [-0.39, 0.29) is 0 Å². The first-order valence-electron chi connectivity index (χ1n) is 7.26. The Hall–Kier alpha value is -0.620. The number of halogens is 1. The molecule has 0 bridgehead atoms. The Bertz CT molecular complexity index is 417. The molecule has 0 radical (unpaired) electrons. The van der Waals surface area contributed by atoms with E-state index in [9.17, 15) is 0 Å². The van der Waals surface area contributed by atoms with Gasteiger partial charge in [-0.2, -0.15) is 5.10 Å². The maximum atomic E-state index is 6.17. The Morgan fingerprint density at radius 2 is 2.40 bits per heavy atom. The van der Waals surface area contributed by atoms with Crippen LogP contribution in [0.3, 0.4) is 0 Å². The fraction of sp³-hybridized carbons (Fsp3) is 0.786. The summed E-state index contributed by atoms with van der Waals surface area (Å²) in [6.45, 7) is 6.04. The second-order valence-corrected chi connectivity index (χ2v) is 5.58. The van der Waals surface area contributed by atoms with Crippen LogP contribution in [-0.4, -0.2) is 42.2 Å². The third-order valence-corrected chi connectivity index (χ3v) is 4.01. The van der Waals surface area contributed by atoms with Gasteiger partial charge in [-0.3, -0.25) is 4.68 Å². The van der Waals surface area contributed by atoms with Crippen LogP contribution in [-0.2, 0) is 23.1 Å². The molecular weight excluding hydrogens is 278 g/mol. The predicted molar refractivity (Wildman–Crippen MR) is 79.1 cm³/mol. The van der Waals surface area contributed by atoms with Crippen molar-refractivity contribution < 1.29 is 9.47 Å². The topological polar surface area (TPSA) is 48.3 Å². The number of nitrogens with zero attached hydrogens (tertiary/aromatic N) is 2. The van der Waals surface area contributed by atoms with Crippen molar-refractivity contribution in [1.29, 1.82) is 0 Å². The third kappa shape index (κ3) is 4.45. The molecule has 2 heterocycles. The molecule has 1 fully saturated rings. The molecule has 0 aliphatic carbocycles. The quantitative estimate of drug-likeness (QED) is 0.747. The number of aryl methyl sites for hydroxylation is 2. The van der Waals surface area contributed by atoms with Crippen molar-refractivity contribution in [2.45, 2.75) is 38.8 Å². The van der Waals surface area contributed by atoms with E-state index in [2.05, 4.69) is 10.4 Å². The summed E-state index contributed by atoms with van der Waals surface area (Å²) >= 11 is 6.17. The minimum Gasteiger partial charge on any atom is -0.379 e. The van der Waals surface area contributed by atoms with E-state index in [1.807, 2.05) is 14.0 Å². The number of rotatable bonds is 8. The van der Waals surface area contributed by atoms with E-state index in [1.54, 1.807) is 4.68 Å². The van der Waals surface area contributed by atoms with Crippen LogP contribution in [0.15, 0.2) is 0 Å². The first-order chi connectivity index (χ1) is 9.68. The van der Waals surface area contributed by atoms with Gasteiger partial charge in [-0.25, -0.2) is 0 Å². The number of hydrogen-bond acceptors (Lipinski definition) is 4. The molecule has 0 amide bonds. The van der Waals surface area contributed by atoms with E-state index < -0.39 is 0 Å². The van der Waals surface area contributed by atoms with E-state index in [0.717, 1.165) is 57.0 Å². The van der Waals surface area contributed by atoms with Crippen LogP contribution >= 0.6 is 11.6 Å². The number of hydrogen-bond donors (Lipinski definition) is 1. The molecule has 0 saturated carbocycles. The predicted octanol–water partition coefficient (Wildman–Crippen LogP) is 2.06. The Kier molecular flexibility index (Phi) is 6.29. The Balaban J connectivity index is 1.53. The van der Waals surface area contributed by atoms with Gasteiger partial charge in [-0.1, -0.05) is 11.6 Å². The molecule has 0 spiro atoms. The Morgan fingerprint density at radius 3 is 3.05 bits per heavy atom. The van der Waals surface area contributed by atoms with Gasteiger partial charge in [-0.15, -0.1) is 0 Å². The van der Waals surface area contributed by atoms with Gasteiger partial charge in [0.25, 0.3) is 0 Å². The molecule has 0 aromatic carbocycles. The SMILES string of the molecule is Cc1nn(C)c(Cl)c1CNCCCOCC1CCCO1. The average Bonchev–Trinajstić information content (AvgIpc) is 3.01. The summed E-state index contributed by atoms with van der Waals surface area (Å²) in [7, 11) is 1.86. The zero-order chi connectivity index (χ0) is 14.4. The van der Waals surface area contributed by atoms with Crippen LogP contribution in [0.5, 0.6) is 0 Å². The summed E-state index contributed by atoms with van der Waals surface area (Å²) in [5, 5.41) is 8.38. The minimum atomic E-state index is 0.319. The van der Waals surface area contributed by atoms with Gasteiger partial charge in [0.2, 0.25) is 0 Å². The second kappa shape index (κ2) is 7.98. The molecule has 2 rings (SSSR count). The maximum absolute atomic E-state index is 6.17. The van der Waals surface area contributed by atoms with Crippen molar-refractivity contribution >= 4 is 11.6 Å². The second-order valence-electron chi connectivity index (χ2n) is 5.22. The number of aromatic nitrogens is 2. The van der Waals surface area contributed by atoms with Crippen LogP contribution < -0.4 is 5.32 Å². The molecule has 1 aromatic heterocycles. The zero-order valence-electron chi connectivity index (χ0n) is 12.3. The standard InChI is InChI=1S/C14H24ClN3O2/c1-11-13(14(15)18(2)17-11)9-16-6-4-7-19-10-12-5-3-8-20-12/h12,16H,3-10H2,1-2H3. The summed E-state index contributed by atoms with van der Waals surface area (Å²) in [5.41, 5.74) is 2.06. The molecule has 1 atom stereocenters. The first kappa shape index (κ1) is 15.8. The van der Waals surface area contributed by atoms with E-state index in [4.69, 9.17) is 21.1 Å². The van der Waals surface area contributed by atoms with Gasteiger partial charge in [-0.05, 0) is 32.7 Å². The van der Waals surface area contributed by atoms with Crippen molar-refractivity contribution in [3.05, 3.63) is 16.4 Å². The fourth-order valence-corrected chi connectivity index (χ4v) is 2.62. The Morgan fingerprint density at radius 1 is 1.55 bits per heavy atom. The maximum Gasteiger partial charge on any atom is 0.131 e. The largest absolute Gasteiger partial charge is 0.379 e.